The van der Waals surface area contributed by atoms with Crippen LogP contribution in [0.4, 0.5) is 11.6 Å². The van der Waals surface area contributed by atoms with Crippen molar-refractivity contribution in [1.82, 2.24) is 14.9 Å². The van der Waals surface area contributed by atoms with Crippen molar-refractivity contribution in [1.29, 1.82) is 0 Å². The second-order valence-electron chi connectivity index (χ2n) is 6.22. The molecule has 0 bridgehead atoms. The standard InChI is InChI=1S/C16H29N5/c1-5-6-14-18-15(17-2)11-16(19-14)21-9-7-13(8-10-21)12-20(3)4/h11,13H,5-10,12H2,1-4H3,(H,17,18,19). The van der Waals surface area contributed by atoms with Crippen molar-refractivity contribution in [3.63, 3.8) is 0 Å². The van der Waals surface area contributed by atoms with Crippen LogP contribution in [0.2, 0.25) is 0 Å². The summed E-state index contributed by atoms with van der Waals surface area (Å²) in [6, 6.07) is 2.07. The predicted molar refractivity (Wildman–Crippen MR) is 89.1 cm³/mol. The minimum absolute atomic E-state index is 0.817. The molecule has 2 heterocycles. The van der Waals surface area contributed by atoms with Crippen molar-refractivity contribution in [3.8, 4) is 0 Å². The predicted octanol–water partition coefficient (Wildman–Crippen LogP) is 2.25. The Morgan fingerprint density at radius 3 is 2.57 bits per heavy atom. The number of nitrogens with one attached hydrogen (secondary N) is 1. The molecule has 0 aliphatic carbocycles. The number of anilines is 2. The Bertz CT molecular complexity index is 438. The molecule has 0 radical (unpaired) electrons. The number of aryl methyl sites for hydroxylation is 1. The first-order chi connectivity index (χ1) is 10.1. The van der Waals surface area contributed by atoms with E-state index in [0.717, 1.165) is 49.3 Å². The number of rotatable bonds is 6. The highest BCUT2D eigenvalue weighted by Crippen LogP contribution is 2.24. The van der Waals surface area contributed by atoms with Crippen LogP contribution < -0.4 is 10.2 Å². The van der Waals surface area contributed by atoms with Gasteiger partial charge in [-0.05, 0) is 39.3 Å². The monoisotopic (exact) mass is 291 g/mol. The maximum Gasteiger partial charge on any atom is 0.134 e. The number of hydrogen-bond acceptors (Lipinski definition) is 5. The van der Waals surface area contributed by atoms with Crippen molar-refractivity contribution in [2.24, 2.45) is 5.92 Å². The average Bonchev–Trinajstić information content (AvgIpc) is 2.47. The molecule has 5 heteroatoms. The Hall–Kier alpha value is -1.36. The molecule has 0 amide bonds. The molecule has 1 aliphatic heterocycles. The molecule has 1 aromatic heterocycles. The zero-order valence-electron chi connectivity index (χ0n) is 13.9. The van der Waals surface area contributed by atoms with Gasteiger partial charge in [-0.25, -0.2) is 9.97 Å². The zero-order valence-corrected chi connectivity index (χ0v) is 13.9. The fourth-order valence-corrected chi connectivity index (χ4v) is 2.97. The third-order valence-corrected chi connectivity index (χ3v) is 4.05. The topological polar surface area (TPSA) is 44.3 Å². The highest BCUT2D eigenvalue weighted by molar-refractivity contribution is 5.49. The number of hydrogen-bond donors (Lipinski definition) is 1. The third-order valence-electron chi connectivity index (χ3n) is 4.05. The van der Waals surface area contributed by atoms with Gasteiger partial charge in [-0.1, -0.05) is 6.92 Å². The Labute approximate surface area is 128 Å². The van der Waals surface area contributed by atoms with Gasteiger partial charge < -0.3 is 15.1 Å². The summed E-state index contributed by atoms with van der Waals surface area (Å²) in [6.07, 6.45) is 4.53. The third kappa shape index (κ3) is 4.56. The van der Waals surface area contributed by atoms with E-state index in [4.69, 9.17) is 4.98 Å². The smallest absolute Gasteiger partial charge is 0.134 e. The minimum atomic E-state index is 0.817. The largest absolute Gasteiger partial charge is 0.373 e. The molecule has 21 heavy (non-hydrogen) atoms. The van der Waals surface area contributed by atoms with Crippen molar-refractivity contribution >= 4 is 11.6 Å². The Kier molecular flexibility index (Phi) is 5.79. The summed E-state index contributed by atoms with van der Waals surface area (Å²) in [4.78, 5) is 14.0. The summed E-state index contributed by atoms with van der Waals surface area (Å²) in [7, 11) is 6.24. The number of nitrogens with zero attached hydrogens (tertiary/aromatic N) is 4. The van der Waals surface area contributed by atoms with Gasteiger partial charge in [0.2, 0.25) is 0 Å². The van der Waals surface area contributed by atoms with Gasteiger partial charge in [-0.15, -0.1) is 0 Å². The molecule has 1 aliphatic rings. The SMILES string of the molecule is CCCc1nc(NC)cc(N2CCC(CN(C)C)CC2)n1. The van der Waals surface area contributed by atoms with Gasteiger partial charge in [-0.3, -0.25) is 0 Å². The van der Waals surface area contributed by atoms with E-state index in [1.807, 2.05) is 7.05 Å². The van der Waals surface area contributed by atoms with Crippen LogP contribution in [0.3, 0.4) is 0 Å². The van der Waals surface area contributed by atoms with E-state index in [1.54, 1.807) is 0 Å². The molecule has 1 aromatic rings. The summed E-state index contributed by atoms with van der Waals surface area (Å²) < 4.78 is 0. The average molecular weight is 291 g/mol. The van der Waals surface area contributed by atoms with Crippen molar-refractivity contribution in [2.45, 2.75) is 32.6 Å². The van der Waals surface area contributed by atoms with Crippen LogP contribution in [-0.2, 0) is 6.42 Å². The van der Waals surface area contributed by atoms with Gasteiger partial charge in [-0.2, -0.15) is 0 Å². The molecule has 5 nitrogen and oxygen atoms in total. The lowest BCUT2D eigenvalue weighted by Gasteiger charge is -2.34. The molecular formula is C16H29N5. The van der Waals surface area contributed by atoms with Crippen molar-refractivity contribution in [3.05, 3.63) is 11.9 Å². The van der Waals surface area contributed by atoms with E-state index in [-0.39, 0.29) is 0 Å². The molecule has 0 unspecified atom stereocenters. The molecule has 1 saturated heterocycles. The first kappa shape index (κ1) is 16.0. The summed E-state index contributed by atoms with van der Waals surface area (Å²) in [5.74, 6) is 3.78. The van der Waals surface area contributed by atoms with Crippen LogP contribution in [-0.4, -0.2) is 55.6 Å². The van der Waals surface area contributed by atoms with Crippen LogP contribution in [0.25, 0.3) is 0 Å². The van der Waals surface area contributed by atoms with Gasteiger partial charge in [0.15, 0.2) is 0 Å². The molecule has 0 saturated carbocycles. The first-order valence-corrected chi connectivity index (χ1v) is 8.07. The lowest BCUT2D eigenvalue weighted by molar-refractivity contribution is 0.284. The summed E-state index contributed by atoms with van der Waals surface area (Å²) in [5, 5.41) is 3.16. The van der Waals surface area contributed by atoms with Gasteiger partial charge in [0.1, 0.15) is 17.5 Å². The van der Waals surface area contributed by atoms with Crippen molar-refractivity contribution < 1.29 is 0 Å². The Morgan fingerprint density at radius 2 is 2.00 bits per heavy atom. The summed E-state index contributed by atoms with van der Waals surface area (Å²) in [5.41, 5.74) is 0. The number of aromatic nitrogens is 2. The Balaban J connectivity index is 2.03. The lowest BCUT2D eigenvalue weighted by atomic mass is 9.96. The first-order valence-electron chi connectivity index (χ1n) is 8.07. The molecule has 1 N–H and O–H groups in total. The summed E-state index contributed by atoms with van der Waals surface area (Å²) in [6.45, 7) is 5.57. The molecule has 0 spiro atoms. The van der Waals surface area contributed by atoms with Crippen LogP contribution in [0, 0.1) is 5.92 Å². The van der Waals surface area contributed by atoms with E-state index in [1.165, 1.54) is 19.4 Å². The minimum Gasteiger partial charge on any atom is -0.373 e. The fraction of sp³-hybridized carbons (Fsp3) is 0.750. The molecule has 118 valence electrons. The zero-order chi connectivity index (χ0) is 15.2. The maximum absolute atomic E-state index is 4.75. The normalized spacial score (nSPS) is 16.5. The molecule has 0 atom stereocenters. The fourth-order valence-electron chi connectivity index (χ4n) is 2.97. The molecule has 0 aromatic carbocycles. The van der Waals surface area contributed by atoms with Crippen LogP contribution in [0.1, 0.15) is 32.0 Å². The van der Waals surface area contributed by atoms with Crippen LogP contribution in [0.5, 0.6) is 0 Å². The highest BCUT2D eigenvalue weighted by atomic mass is 15.2. The number of piperidine rings is 1. The van der Waals surface area contributed by atoms with E-state index < -0.39 is 0 Å². The van der Waals surface area contributed by atoms with E-state index in [9.17, 15) is 0 Å². The van der Waals surface area contributed by atoms with Gasteiger partial charge in [0.05, 0.1) is 0 Å². The van der Waals surface area contributed by atoms with E-state index in [2.05, 4.69) is 47.2 Å². The molecular weight excluding hydrogens is 262 g/mol. The highest BCUT2D eigenvalue weighted by Gasteiger charge is 2.21. The second-order valence-corrected chi connectivity index (χ2v) is 6.22. The Morgan fingerprint density at radius 1 is 1.29 bits per heavy atom. The maximum atomic E-state index is 4.75. The van der Waals surface area contributed by atoms with Crippen LogP contribution >= 0.6 is 0 Å². The van der Waals surface area contributed by atoms with E-state index >= 15 is 0 Å². The lowest BCUT2D eigenvalue weighted by Crippen LogP contribution is -2.37. The van der Waals surface area contributed by atoms with Crippen LogP contribution in [0.15, 0.2) is 6.07 Å². The molecule has 2 rings (SSSR count). The van der Waals surface area contributed by atoms with Gasteiger partial charge in [0, 0.05) is 39.2 Å². The van der Waals surface area contributed by atoms with Gasteiger partial charge in [0.25, 0.3) is 0 Å². The second kappa shape index (κ2) is 7.59. The van der Waals surface area contributed by atoms with Crippen molar-refractivity contribution in [2.75, 3.05) is 51.0 Å². The molecule has 1 fully saturated rings. The quantitative estimate of drug-likeness (QED) is 0.871. The van der Waals surface area contributed by atoms with Gasteiger partial charge >= 0.3 is 0 Å². The van der Waals surface area contributed by atoms with E-state index in [0.29, 0.717) is 0 Å². The summed E-state index contributed by atoms with van der Waals surface area (Å²) >= 11 is 0.